The zero-order valence-corrected chi connectivity index (χ0v) is 15.4. The van der Waals surface area contributed by atoms with Crippen molar-refractivity contribution >= 4 is 11.8 Å². The lowest BCUT2D eigenvalue weighted by Crippen LogP contribution is -2.54. The summed E-state index contributed by atoms with van der Waals surface area (Å²) in [5.74, 6) is 0.620. The summed E-state index contributed by atoms with van der Waals surface area (Å²) in [7, 11) is 4.31. The maximum Gasteiger partial charge on any atom is 0.323 e. The summed E-state index contributed by atoms with van der Waals surface area (Å²) in [5.41, 5.74) is 1.20. The Morgan fingerprint density at radius 1 is 1.04 bits per heavy atom. The lowest BCUT2D eigenvalue weighted by molar-refractivity contribution is 0.0657. The fourth-order valence-corrected chi connectivity index (χ4v) is 4.50. The molecule has 0 atom stereocenters. The lowest BCUT2D eigenvalue weighted by Gasteiger charge is -2.48. The van der Waals surface area contributed by atoms with E-state index in [0.717, 1.165) is 25.7 Å². The average molecular weight is 351 g/mol. The van der Waals surface area contributed by atoms with Gasteiger partial charge in [-0.25, -0.2) is 4.79 Å². The van der Waals surface area contributed by atoms with Crippen LogP contribution >= 0.6 is 0 Å². The van der Waals surface area contributed by atoms with Crippen LogP contribution in [0, 0.1) is 0 Å². The minimum atomic E-state index is -0.178. The standard InChI is InChI=1S/C20H25N5O/c1-24(2)20(16-7-4-3-5-8-16)12-10-19(11-13-20)15-25(18(26)22-19)17-9-6-14-21-23-17/h3-9,14H,10-13,15H2,1-2H3,(H,22,26)/t19-,20+. The molecule has 0 bridgehead atoms. The van der Waals surface area contributed by atoms with Crippen LogP contribution in [0.1, 0.15) is 31.2 Å². The summed E-state index contributed by atoms with van der Waals surface area (Å²) in [6.45, 7) is 0.656. The monoisotopic (exact) mass is 351 g/mol. The Kier molecular flexibility index (Phi) is 4.15. The molecule has 26 heavy (non-hydrogen) atoms. The van der Waals surface area contributed by atoms with Gasteiger partial charge >= 0.3 is 6.03 Å². The molecule has 1 saturated heterocycles. The molecule has 2 heterocycles. The highest BCUT2D eigenvalue weighted by atomic mass is 16.2. The minimum Gasteiger partial charge on any atom is -0.330 e. The van der Waals surface area contributed by atoms with Gasteiger partial charge in [-0.15, -0.1) is 5.10 Å². The van der Waals surface area contributed by atoms with Gasteiger partial charge in [0, 0.05) is 11.7 Å². The van der Waals surface area contributed by atoms with Crippen LogP contribution < -0.4 is 10.2 Å². The van der Waals surface area contributed by atoms with E-state index in [4.69, 9.17) is 0 Å². The van der Waals surface area contributed by atoms with Crippen molar-refractivity contribution in [2.75, 3.05) is 25.5 Å². The average Bonchev–Trinajstić information content (AvgIpc) is 3.00. The maximum atomic E-state index is 12.5. The van der Waals surface area contributed by atoms with Crippen molar-refractivity contribution in [1.29, 1.82) is 0 Å². The summed E-state index contributed by atoms with van der Waals surface area (Å²) >= 11 is 0. The molecule has 2 amide bonds. The molecule has 1 aliphatic carbocycles. The van der Waals surface area contributed by atoms with Gasteiger partial charge in [0.1, 0.15) is 0 Å². The Hall–Kier alpha value is -2.47. The predicted octanol–water partition coefficient (Wildman–Crippen LogP) is 2.78. The number of urea groups is 1. The molecule has 136 valence electrons. The number of hydrogen-bond donors (Lipinski definition) is 1. The van der Waals surface area contributed by atoms with E-state index < -0.39 is 0 Å². The van der Waals surface area contributed by atoms with Crippen molar-refractivity contribution in [3.63, 3.8) is 0 Å². The predicted molar refractivity (Wildman–Crippen MR) is 101 cm³/mol. The fraction of sp³-hybridized carbons (Fsp3) is 0.450. The maximum absolute atomic E-state index is 12.5. The number of aromatic nitrogens is 2. The zero-order valence-electron chi connectivity index (χ0n) is 15.4. The second-order valence-corrected chi connectivity index (χ2v) is 7.67. The van der Waals surface area contributed by atoms with E-state index in [1.807, 2.05) is 12.1 Å². The smallest absolute Gasteiger partial charge is 0.323 e. The first kappa shape index (κ1) is 17.0. The summed E-state index contributed by atoms with van der Waals surface area (Å²) < 4.78 is 0. The molecule has 6 nitrogen and oxygen atoms in total. The van der Waals surface area contributed by atoms with Gasteiger partial charge in [-0.3, -0.25) is 9.80 Å². The van der Waals surface area contributed by atoms with Gasteiger partial charge in [-0.05, 0) is 57.5 Å². The van der Waals surface area contributed by atoms with Gasteiger partial charge in [-0.1, -0.05) is 30.3 Å². The van der Waals surface area contributed by atoms with Gasteiger partial charge in [0.25, 0.3) is 0 Å². The second kappa shape index (κ2) is 6.36. The minimum absolute atomic E-state index is 0.0250. The molecule has 2 aromatic rings. The van der Waals surface area contributed by atoms with E-state index >= 15 is 0 Å². The topological polar surface area (TPSA) is 61.4 Å². The number of nitrogens with one attached hydrogen (secondary N) is 1. The van der Waals surface area contributed by atoms with Crippen LogP contribution in [0.3, 0.4) is 0 Å². The van der Waals surface area contributed by atoms with E-state index in [0.29, 0.717) is 12.4 Å². The number of carbonyl (C=O) groups excluding carboxylic acids is 1. The van der Waals surface area contributed by atoms with Crippen LogP contribution in [-0.2, 0) is 5.54 Å². The number of carbonyl (C=O) groups is 1. The van der Waals surface area contributed by atoms with Crippen LogP contribution in [-0.4, -0.2) is 47.3 Å². The summed E-state index contributed by atoms with van der Waals surface area (Å²) in [6.07, 6.45) is 5.54. The van der Waals surface area contributed by atoms with Crippen LogP contribution in [0.25, 0.3) is 0 Å². The third-order valence-corrected chi connectivity index (χ3v) is 6.11. The van der Waals surface area contributed by atoms with Crippen LogP contribution in [0.4, 0.5) is 10.6 Å². The Morgan fingerprint density at radius 3 is 2.38 bits per heavy atom. The Balaban J connectivity index is 1.55. The first-order chi connectivity index (χ1) is 12.5. The third kappa shape index (κ3) is 2.74. The van der Waals surface area contributed by atoms with Gasteiger partial charge in [0.15, 0.2) is 5.82 Å². The van der Waals surface area contributed by atoms with Gasteiger partial charge < -0.3 is 5.32 Å². The molecule has 1 aromatic carbocycles. The Bertz CT molecular complexity index is 769. The van der Waals surface area contributed by atoms with Crippen molar-refractivity contribution in [2.24, 2.45) is 0 Å². The molecule has 0 unspecified atom stereocenters. The van der Waals surface area contributed by atoms with Crippen LogP contribution in [0.5, 0.6) is 0 Å². The van der Waals surface area contributed by atoms with Crippen LogP contribution in [0.15, 0.2) is 48.7 Å². The normalized spacial score (nSPS) is 28.6. The van der Waals surface area contributed by atoms with Crippen molar-refractivity contribution < 1.29 is 4.79 Å². The van der Waals surface area contributed by atoms with Crippen molar-refractivity contribution in [3.05, 3.63) is 54.2 Å². The number of benzene rings is 1. The Morgan fingerprint density at radius 2 is 1.77 bits per heavy atom. The van der Waals surface area contributed by atoms with Crippen molar-refractivity contribution in [3.8, 4) is 0 Å². The fourth-order valence-electron chi connectivity index (χ4n) is 4.50. The van der Waals surface area contributed by atoms with Crippen molar-refractivity contribution in [1.82, 2.24) is 20.4 Å². The van der Waals surface area contributed by atoms with Gasteiger partial charge in [-0.2, -0.15) is 5.10 Å². The van der Waals surface area contributed by atoms with E-state index in [9.17, 15) is 4.79 Å². The highest BCUT2D eigenvalue weighted by Crippen LogP contribution is 2.46. The van der Waals surface area contributed by atoms with E-state index in [-0.39, 0.29) is 17.1 Å². The van der Waals surface area contributed by atoms with Gasteiger partial charge in [0.2, 0.25) is 0 Å². The highest BCUT2D eigenvalue weighted by Gasteiger charge is 2.50. The van der Waals surface area contributed by atoms with Crippen molar-refractivity contribution in [2.45, 2.75) is 36.8 Å². The molecule has 1 aliphatic heterocycles. The lowest BCUT2D eigenvalue weighted by atomic mass is 9.69. The zero-order chi connectivity index (χ0) is 18.2. The van der Waals surface area contributed by atoms with E-state index in [1.54, 1.807) is 11.1 Å². The quantitative estimate of drug-likeness (QED) is 0.924. The van der Waals surface area contributed by atoms with E-state index in [1.165, 1.54) is 5.56 Å². The first-order valence-electron chi connectivity index (χ1n) is 9.15. The molecular weight excluding hydrogens is 326 g/mol. The number of hydrogen-bond acceptors (Lipinski definition) is 4. The summed E-state index contributed by atoms with van der Waals surface area (Å²) in [4.78, 5) is 16.6. The highest BCUT2D eigenvalue weighted by molar-refractivity contribution is 5.94. The third-order valence-electron chi connectivity index (χ3n) is 6.11. The number of amides is 2. The number of nitrogens with zero attached hydrogens (tertiary/aromatic N) is 4. The SMILES string of the molecule is CN(C)[C@]1(c2ccccc2)CC[C@]2(CC1)CN(c1cccnn1)C(=O)N2. The number of rotatable bonds is 3. The molecule has 1 aromatic heterocycles. The second-order valence-electron chi connectivity index (χ2n) is 7.67. The molecule has 1 N–H and O–H groups in total. The molecule has 0 radical (unpaired) electrons. The number of anilines is 1. The molecule has 4 rings (SSSR count). The molecule has 2 aliphatic rings. The van der Waals surface area contributed by atoms with Gasteiger partial charge in [0.05, 0.1) is 12.1 Å². The Labute approximate surface area is 154 Å². The first-order valence-corrected chi connectivity index (χ1v) is 9.15. The molecule has 2 fully saturated rings. The molecular formula is C20H25N5O. The largest absolute Gasteiger partial charge is 0.330 e. The molecule has 6 heteroatoms. The molecule has 1 saturated carbocycles. The molecule has 1 spiro atoms. The van der Waals surface area contributed by atoms with Crippen LogP contribution in [0.2, 0.25) is 0 Å². The summed E-state index contributed by atoms with van der Waals surface area (Å²) in [6, 6.07) is 14.3. The summed E-state index contributed by atoms with van der Waals surface area (Å²) in [5, 5.41) is 11.3. The van der Waals surface area contributed by atoms with E-state index in [2.05, 4.69) is 64.8 Å².